The third-order valence-corrected chi connectivity index (χ3v) is 3.25. The van der Waals surface area contributed by atoms with E-state index < -0.39 is 18.8 Å². The molecule has 1 unspecified atom stereocenters. The number of urea groups is 1. The topological polar surface area (TPSA) is 70.7 Å². The molecule has 0 spiro atoms. The maximum atomic E-state index is 12.1. The van der Waals surface area contributed by atoms with Gasteiger partial charge in [-0.2, -0.15) is 13.2 Å². The number of benzene rings is 1. The van der Waals surface area contributed by atoms with Gasteiger partial charge in [-0.15, -0.1) is 0 Å². The molecule has 25 heavy (non-hydrogen) atoms. The predicted octanol–water partition coefficient (Wildman–Crippen LogP) is 2.47. The third-order valence-electron chi connectivity index (χ3n) is 3.25. The Kier molecular flexibility index (Phi) is 7.53. The monoisotopic (exact) mass is 361 g/mol. The van der Waals surface area contributed by atoms with E-state index in [1.165, 1.54) is 17.0 Å². The number of hydrogen-bond donors (Lipinski definition) is 2. The molecule has 0 aromatic heterocycles. The summed E-state index contributed by atoms with van der Waals surface area (Å²) in [6, 6.07) is 5.18. The minimum Gasteiger partial charge on any atom is -0.484 e. The predicted molar refractivity (Wildman–Crippen MR) is 86.3 cm³/mol. The van der Waals surface area contributed by atoms with Crippen LogP contribution in [-0.4, -0.2) is 50.3 Å². The first-order valence-corrected chi connectivity index (χ1v) is 7.62. The summed E-state index contributed by atoms with van der Waals surface area (Å²) in [6.07, 6.45) is -4.19. The first-order valence-electron chi connectivity index (χ1n) is 7.62. The summed E-state index contributed by atoms with van der Waals surface area (Å²) in [5, 5.41) is 5.25. The standard InChI is InChI=1S/C16H22F3N3O3/c1-11(21-15(24)20-9-8-14(23)22(2)3)12-4-6-13(7-5-12)25-10-16(17,18)19/h4-7,11H,8-10H2,1-3H3,(H2,20,21,24). The highest BCUT2D eigenvalue weighted by Gasteiger charge is 2.28. The van der Waals surface area contributed by atoms with E-state index in [0.717, 1.165) is 0 Å². The molecule has 6 nitrogen and oxygen atoms in total. The van der Waals surface area contributed by atoms with Crippen molar-refractivity contribution in [2.45, 2.75) is 25.6 Å². The van der Waals surface area contributed by atoms with Gasteiger partial charge >= 0.3 is 12.2 Å². The van der Waals surface area contributed by atoms with Crippen molar-refractivity contribution in [3.05, 3.63) is 29.8 Å². The van der Waals surface area contributed by atoms with E-state index in [4.69, 9.17) is 0 Å². The molecule has 0 saturated heterocycles. The van der Waals surface area contributed by atoms with Gasteiger partial charge in [-0.1, -0.05) is 12.1 Å². The third kappa shape index (κ3) is 8.27. The van der Waals surface area contributed by atoms with E-state index in [1.807, 2.05) is 0 Å². The molecule has 0 aliphatic heterocycles. The lowest BCUT2D eigenvalue weighted by molar-refractivity contribution is -0.153. The Balaban J connectivity index is 2.42. The SMILES string of the molecule is CC(NC(=O)NCCC(=O)N(C)C)c1ccc(OCC(F)(F)F)cc1. The second-order valence-corrected chi connectivity index (χ2v) is 5.63. The summed E-state index contributed by atoms with van der Waals surface area (Å²) >= 11 is 0. The lowest BCUT2D eigenvalue weighted by Gasteiger charge is -2.16. The molecule has 1 aromatic rings. The quantitative estimate of drug-likeness (QED) is 0.784. The van der Waals surface area contributed by atoms with Gasteiger partial charge in [0.05, 0.1) is 6.04 Å². The normalized spacial score (nSPS) is 12.2. The van der Waals surface area contributed by atoms with Crippen molar-refractivity contribution in [2.75, 3.05) is 27.2 Å². The molecule has 3 amide bonds. The molecule has 0 aliphatic carbocycles. The number of hydrogen-bond acceptors (Lipinski definition) is 3. The highest BCUT2D eigenvalue weighted by molar-refractivity contribution is 5.78. The molecule has 0 heterocycles. The minimum atomic E-state index is -4.39. The fourth-order valence-corrected chi connectivity index (χ4v) is 1.86. The number of carbonyl (C=O) groups excluding carboxylic acids is 2. The zero-order valence-electron chi connectivity index (χ0n) is 14.3. The van der Waals surface area contributed by atoms with Crippen molar-refractivity contribution in [2.24, 2.45) is 0 Å². The molecule has 1 rings (SSSR count). The van der Waals surface area contributed by atoms with Crippen molar-refractivity contribution in [1.29, 1.82) is 0 Å². The Morgan fingerprint density at radius 2 is 1.80 bits per heavy atom. The van der Waals surface area contributed by atoms with E-state index >= 15 is 0 Å². The molecule has 0 bridgehead atoms. The average Bonchev–Trinajstić information content (AvgIpc) is 2.52. The number of nitrogens with zero attached hydrogens (tertiary/aromatic N) is 1. The summed E-state index contributed by atoms with van der Waals surface area (Å²) in [5.41, 5.74) is 0.707. The second-order valence-electron chi connectivity index (χ2n) is 5.63. The molecule has 1 aromatic carbocycles. The highest BCUT2D eigenvalue weighted by atomic mass is 19.4. The van der Waals surface area contributed by atoms with E-state index in [1.54, 1.807) is 33.2 Å². The summed E-state index contributed by atoms with van der Waals surface area (Å²) in [6.45, 7) is 0.587. The Labute approximate surface area is 144 Å². The zero-order chi connectivity index (χ0) is 19.0. The summed E-state index contributed by atoms with van der Waals surface area (Å²) < 4.78 is 40.9. The van der Waals surface area contributed by atoms with Crippen LogP contribution in [0.15, 0.2) is 24.3 Å². The molecular weight excluding hydrogens is 339 g/mol. The smallest absolute Gasteiger partial charge is 0.422 e. The Bertz CT molecular complexity index is 574. The molecule has 0 fully saturated rings. The molecule has 1 atom stereocenters. The lowest BCUT2D eigenvalue weighted by atomic mass is 10.1. The van der Waals surface area contributed by atoms with Crippen LogP contribution in [-0.2, 0) is 4.79 Å². The number of carbonyl (C=O) groups is 2. The van der Waals surface area contributed by atoms with Crippen LogP contribution in [0.5, 0.6) is 5.75 Å². The second kappa shape index (κ2) is 9.14. The van der Waals surface area contributed by atoms with E-state index in [-0.39, 0.29) is 30.7 Å². The maximum Gasteiger partial charge on any atom is 0.422 e. The maximum absolute atomic E-state index is 12.1. The van der Waals surface area contributed by atoms with E-state index in [0.29, 0.717) is 5.56 Å². The van der Waals surface area contributed by atoms with Crippen molar-refractivity contribution >= 4 is 11.9 Å². The van der Waals surface area contributed by atoms with Gasteiger partial charge in [0.15, 0.2) is 6.61 Å². The van der Waals surface area contributed by atoms with Gasteiger partial charge in [-0.05, 0) is 24.6 Å². The minimum absolute atomic E-state index is 0.0946. The largest absolute Gasteiger partial charge is 0.484 e. The number of halogens is 3. The van der Waals surface area contributed by atoms with Crippen LogP contribution in [0, 0.1) is 0 Å². The van der Waals surface area contributed by atoms with Gasteiger partial charge in [0, 0.05) is 27.1 Å². The van der Waals surface area contributed by atoms with Gasteiger partial charge in [0.2, 0.25) is 5.91 Å². The lowest BCUT2D eigenvalue weighted by Crippen LogP contribution is -2.38. The molecule has 0 saturated carbocycles. The number of amides is 3. The number of alkyl halides is 3. The number of nitrogens with one attached hydrogen (secondary N) is 2. The molecule has 9 heteroatoms. The van der Waals surface area contributed by atoms with Crippen LogP contribution in [0.25, 0.3) is 0 Å². The molecule has 140 valence electrons. The van der Waals surface area contributed by atoms with Gasteiger partial charge in [-0.3, -0.25) is 4.79 Å². The van der Waals surface area contributed by atoms with Crippen molar-refractivity contribution in [1.82, 2.24) is 15.5 Å². The van der Waals surface area contributed by atoms with Gasteiger partial charge in [0.1, 0.15) is 5.75 Å². The number of rotatable bonds is 7. The highest BCUT2D eigenvalue weighted by Crippen LogP contribution is 2.20. The Hall–Kier alpha value is -2.45. The van der Waals surface area contributed by atoms with Crippen molar-refractivity contribution in [3.8, 4) is 5.75 Å². The first kappa shape index (κ1) is 20.6. The fourth-order valence-electron chi connectivity index (χ4n) is 1.86. The fraction of sp³-hybridized carbons (Fsp3) is 0.500. The van der Waals surface area contributed by atoms with Crippen LogP contribution in [0.3, 0.4) is 0 Å². The van der Waals surface area contributed by atoms with Crippen LogP contribution in [0.1, 0.15) is 24.9 Å². The number of ether oxygens (including phenoxy) is 1. The Morgan fingerprint density at radius 3 is 2.32 bits per heavy atom. The Morgan fingerprint density at radius 1 is 1.20 bits per heavy atom. The van der Waals surface area contributed by atoms with E-state index in [2.05, 4.69) is 15.4 Å². The summed E-state index contributed by atoms with van der Waals surface area (Å²) in [4.78, 5) is 24.6. The summed E-state index contributed by atoms with van der Waals surface area (Å²) in [5.74, 6) is 0.00252. The van der Waals surface area contributed by atoms with Crippen LogP contribution in [0.4, 0.5) is 18.0 Å². The molecule has 0 radical (unpaired) electrons. The molecule has 0 aliphatic rings. The zero-order valence-corrected chi connectivity index (χ0v) is 14.3. The van der Waals surface area contributed by atoms with Gasteiger partial charge < -0.3 is 20.3 Å². The first-order chi connectivity index (χ1) is 11.6. The van der Waals surface area contributed by atoms with Crippen LogP contribution < -0.4 is 15.4 Å². The van der Waals surface area contributed by atoms with Crippen LogP contribution >= 0.6 is 0 Å². The van der Waals surface area contributed by atoms with Gasteiger partial charge in [0.25, 0.3) is 0 Å². The van der Waals surface area contributed by atoms with Gasteiger partial charge in [-0.25, -0.2) is 4.79 Å². The van der Waals surface area contributed by atoms with Crippen LogP contribution in [0.2, 0.25) is 0 Å². The van der Waals surface area contributed by atoms with Crippen molar-refractivity contribution in [3.63, 3.8) is 0 Å². The van der Waals surface area contributed by atoms with Crippen molar-refractivity contribution < 1.29 is 27.5 Å². The molecular formula is C16H22F3N3O3. The molecule has 2 N–H and O–H groups in total. The van der Waals surface area contributed by atoms with E-state index in [9.17, 15) is 22.8 Å². The average molecular weight is 361 g/mol. The summed E-state index contributed by atoms with van der Waals surface area (Å²) in [7, 11) is 3.26.